The highest BCUT2D eigenvalue weighted by molar-refractivity contribution is 7.89. The van der Waals surface area contributed by atoms with E-state index in [-0.39, 0.29) is 21.4 Å². The van der Waals surface area contributed by atoms with Crippen molar-refractivity contribution >= 4 is 44.8 Å². The number of rotatable bonds is 7. The first-order chi connectivity index (χ1) is 13.9. The minimum atomic E-state index is -3.91. The van der Waals surface area contributed by atoms with Crippen molar-refractivity contribution in [2.45, 2.75) is 17.4 Å². The molecule has 0 aliphatic heterocycles. The zero-order chi connectivity index (χ0) is 20.9. The average Bonchev–Trinajstić information content (AvgIpc) is 2.72. The summed E-state index contributed by atoms with van der Waals surface area (Å²) in [6.07, 6.45) is 0.164. The molecule has 0 heterocycles. The molecule has 2 N–H and O–H groups in total. The third-order valence-electron chi connectivity index (χ3n) is 4.16. The standard InChI is InChI=1S/C21H18Cl2N2O3S/c22-17-12-7-13-18(20(17)23)24-21(26)19(14-15-8-3-1-4-9-15)25-29(27,28)16-10-5-2-6-11-16/h1-13,19,25H,14H2,(H,24,26)/t19-/m0/s1. The number of carbonyl (C=O) groups is 1. The number of sulfonamides is 1. The molecular weight excluding hydrogens is 431 g/mol. The monoisotopic (exact) mass is 448 g/mol. The molecule has 0 bridgehead atoms. The van der Waals surface area contributed by atoms with Crippen LogP contribution in [0.3, 0.4) is 0 Å². The van der Waals surface area contributed by atoms with Gasteiger partial charge >= 0.3 is 0 Å². The summed E-state index contributed by atoms with van der Waals surface area (Å²) in [7, 11) is -3.91. The van der Waals surface area contributed by atoms with Crippen molar-refractivity contribution in [1.29, 1.82) is 0 Å². The zero-order valence-corrected chi connectivity index (χ0v) is 17.5. The van der Waals surface area contributed by atoms with Crippen molar-refractivity contribution in [1.82, 2.24) is 4.72 Å². The highest BCUT2D eigenvalue weighted by Crippen LogP contribution is 2.29. The van der Waals surface area contributed by atoms with Gasteiger partial charge in [-0.3, -0.25) is 4.79 Å². The van der Waals surface area contributed by atoms with Crippen molar-refractivity contribution in [3.05, 3.63) is 94.5 Å². The molecule has 0 spiro atoms. The number of carbonyl (C=O) groups excluding carboxylic acids is 1. The Balaban J connectivity index is 1.88. The number of amides is 1. The summed E-state index contributed by atoms with van der Waals surface area (Å²) in [6.45, 7) is 0. The Morgan fingerprint density at radius 1 is 0.862 bits per heavy atom. The third kappa shape index (κ3) is 5.58. The Morgan fingerprint density at radius 2 is 1.48 bits per heavy atom. The summed E-state index contributed by atoms with van der Waals surface area (Å²) >= 11 is 12.1. The Hall–Kier alpha value is -2.38. The van der Waals surface area contributed by atoms with E-state index in [4.69, 9.17) is 23.2 Å². The van der Waals surface area contributed by atoms with Crippen LogP contribution in [0.1, 0.15) is 5.56 Å². The lowest BCUT2D eigenvalue weighted by atomic mass is 10.1. The van der Waals surface area contributed by atoms with Gasteiger partial charge in [-0.1, -0.05) is 77.8 Å². The molecular formula is C21H18Cl2N2O3S. The molecule has 0 unspecified atom stereocenters. The van der Waals surface area contributed by atoms with Crippen LogP contribution in [0.5, 0.6) is 0 Å². The van der Waals surface area contributed by atoms with Crippen LogP contribution >= 0.6 is 23.2 Å². The van der Waals surface area contributed by atoms with Gasteiger partial charge in [0.2, 0.25) is 15.9 Å². The minimum absolute atomic E-state index is 0.0756. The SMILES string of the molecule is O=C(Nc1cccc(Cl)c1Cl)[C@H](Cc1ccccc1)NS(=O)(=O)c1ccccc1. The van der Waals surface area contributed by atoms with Crippen molar-refractivity contribution < 1.29 is 13.2 Å². The molecule has 0 aliphatic carbocycles. The summed E-state index contributed by atoms with van der Waals surface area (Å²) in [6, 6.07) is 20.8. The number of hydrogen-bond donors (Lipinski definition) is 2. The van der Waals surface area contributed by atoms with Crippen LogP contribution in [0, 0.1) is 0 Å². The van der Waals surface area contributed by atoms with E-state index in [0.717, 1.165) is 5.56 Å². The topological polar surface area (TPSA) is 75.3 Å². The molecule has 150 valence electrons. The largest absolute Gasteiger partial charge is 0.323 e. The van der Waals surface area contributed by atoms with E-state index in [0.29, 0.717) is 5.69 Å². The second-order valence-corrected chi connectivity index (χ2v) is 8.77. The summed E-state index contributed by atoms with van der Waals surface area (Å²) in [5.41, 5.74) is 1.11. The van der Waals surface area contributed by atoms with Crippen molar-refractivity contribution in [3.63, 3.8) is 0 Å². The van der Waals surface area contributed by atoms with E-state index in [9.17, 15) is 13.2 Å². The molecule has 1 atom stereocenters. The fourth-order valence-electron chi connectivity index (χ4n) is 2.71. The van der Waals surface area contributed by atoms with Gasteiger partial charge in [0.1, 0.15) is 6.04 Å². The molecule has 29 heavy (non-hydrogen) atoms. The Bertz CT molecular complexity index is 1090. The lowest BCUT2D eigenvalue weighted by Crippen LogP contribution is -2.45. The molecule has 0 aromatic heterocycles. The lowest BCUT2D eigenvalue weighted by molar-refractivity contribution is -0.117. The fourth-order valence-corrected chi connectivity index (χ4v) is 4.28. The number of benzene rings is 3. The zero-order valence-electron chi connectivity index (χ0n) is 15.2. The van der Waals surface area contributed by atoms with Crippen LogP contribution in [0.2, 0.25) is 10.0 Å². The van der Waals surface area contributed by atoms with Gasteiger partial charge in [-0.25, -0.2) is 8.42 Å². The van der Waals surface area contributed by atoms with Crippen LogP contribution in [0.15, 0.2) is 83.8 Å². The first-order valence-corrected chi connectivity index (χ1v) is 11.0. The van der Waals surface area contributed by atoms with Gasteiger partial charge in [0.25, 0.3) is 0 Å². The van der Waals surface area contributed by atoms with Gasteiger partial charge in [0.15, 0.2) is 0 Å². The molecule has 0 saturated carbocycles. The minimum Gasteiger partial charge on any atom is -0.323 e. The maximum Gasteiger partial charge on any atom is 0.242 e. The number of anilines is 1. The average molecular weight is 449 g/mol. The van der Waals surface area contributed by atoms with Gasteiger partial charge in [0, 0.05) is 0 Å². The number of hydrogen-bond acceptors (Lipinski definition) is 3. The second kappa shape index (κ2) is 9.41. The normalized spacial score (nSPS) is 12.3. The summed E-state index contributed by atoms with van der Waals surface area (Å²) in [5, 5.41) is 3.14. The van der Waals surface area contributed by atoms with Crippen molar-refractivity contribution in [3.8, 4) is 0 Å². The van der Waals surface area contributed by atoms with Gasteiger partial charge in [-0.15, -0.1) is 0 Å². The predicted molar refractivity (Wildman–Crippen MR) is 116 cm³/mol. The molecule has 0 radical (unpaired) electrons. The van der Waals surface area contributed by atoms with E-state index in [2.05, 4.69) is 10.0 Å². The molecule has 0 aliphatic rings. The van der Waals surface area contributed by atoms with Gasteiger partial charge in [0.05, 0.1) is 20.6 Å². The van der Waals surface area contributed by atoms with E-state index >= 15 is 0 Å². The Morgan fingerprint density at radius 3 is 2.14 bits per heavy atom. The van der Waals surface area contributed by atoms with Crippen LogP contribution in [0.4, 0.5) is 5.69 Å². The molecule has 3 aromatic rings. The molecule has 0 saturated heterocycles. The predicted octanol–water partition coefficient (Wildman–Crippen LogP) is 4.52. The highest BCUT2D eigenvalue weighted by atomic mass is 35.5. The first kappa shape index (κ1) is 21.3. The fraction of sp³-hybridized carbons (Fsp3) is 0.0952. The Kier molecular flexibility index (Phi) is 6.92. The Labute approximate surface area is 179 Å². The molecule has 0 fully saturated rings. The summed E-state index contributed by atoms with van der Waals surface area (Å²) < 4.78 is 28.0. The van der Waals surface area contributed by atoms with Gasteiger partial charge in [-0.2, -0.15) is 4.72 Å². The highest BCUT2D eigenvalue weighted by Gasteiger charge is 2.26. The van der Waals surface area contributed by atoms with Crippen LogP contribution in [-0.4, -0.2) is 20.4 Å². The summed E-state index contributed by atoms with van der Waals surface area (Å²) in [5.74, 6) is -0.544. The van der Waals surface area contributed by atoms with Crippen LogP contribution in [-0.2, 0) is 21.2 Å². The van der Waals surface area contributed by atoms with Crippen LogP contribution < -0.4 is 10.0 Å². The van der Waals surface area contributed by atoms with Crippen LogP contribution in [0.25, 0.3) is 0 Å². The smallest absolute Gasteiger partial charge is 0.242 e. The number of nitrogens with one attached hydrogen (secondary N) is 2. The van der Waals surface area contributed by atoms with E-state index in [1.165, 1.54) is 12.1 Å². The maximum atomic E-state index is 12.9. The molecule has 1 amide bonds. The first-order valence-electron chi connectivity index (χ1n) is 8.73. The van der Waals surface area contributed by atoms with Gasteiger partial charge < -0.3 is 5.32 Å². The van der Waals surface area contributed by atoms with E-state index in [1.54, 1.807) is 36.4 Å². The van der Waals surface area contributed by atoms with Gasteiger partial charge in [-0.05, 0) is 36.2 Å². The van der Waals surface area contributed by atoms with Crippen molar-refractivity contribution in [2.75, 3.05) is 5.32 Å². The lowest BCUT2D eigenvalue weighted by Gasteiger charge is -2.19. The molecule has 3 aromatic carbocycles. The molecule has 5 nitrogen and oxygen atoms in total. The quantitative estimate of drug-likeness (QED) is 0.557. The van der Waals surface area contributed by atoms with E-state index < -0.39 is 22.0 Å². The molecule has 3 rings (SSSR count). The summed E-state index contributed by atoms with van der Waals surface area (Å²) in [4.78, 5) is 13.0. The second-order valence-electron chi connectivity index (χ2n) is 6.27. The van der Waals surface area contributed by atoms with E-state index in [1.807, 2.05) is 30.3 Å². The molecule has 8 heteroatoms. The maximum absolute atomic E-state index is 12.9. The third-order valence-corrected chi connectivity index (χ3v) is 6.47. The number of halogens is 2. The van der Waals surface area contributed by atoms with Crippen molar-refractivity contribution in [2.24, 2.45) is 0 Å².